The second-order valence-corrected chi connectivity index (χ2v) is 8.58. The molecule has 1 atom stereocenters. The van der Waals surface area contributed by atoms with Gasteiger partial charge >= 0.3 is 24.2 Å². The maximum absolute atomic E-state index is 13.5. The number of rotatable bonds is 7. The Kier molecular flexibility index (Phi) is 7.12. The summed E-state index contributed by atoms with van der Waals surface area (Å²) in [5.41, 5.74) is -3.90. The van der Waals surface area contributed by atoms with Crippen LogP contribution < -0.4 is 0 Å². The van der Waals surface area contributed by atoms with Crippen molar-refractivity contribution in [2.45, 2.75) is 38.2 Å². The fraction of sp³-hybridized carbons (Fsp3) is 0.391. The third kappa shape index (κ3) is 5.75. The summed E-state index contributed by atoms with van der Waals surface area (Å²) in [5.74, 6) is -2.64. The van der Waals surface area contributed by atoms with Crippen LogP contribution in [0.15, 0.2) is 35.1 Å². The predicted octanol–water partition coefficient (Wildman–Crippen LogP) is 4.96. The van der Waals surface area contributed by atoms with Gasteiger partial charge in [-0.3, -0.25) is 9.78 Å². The molecule has 2 aromatic heterocycles. The highest BCUT2D eigenvalue weighted by atomic mass is 19.4. The number of methoxy groups -OCH3 is 1. The zero-order valence-electron chi connectivity index (χ0n) is 19.8. The minimum absolute atomic E-state index is 0.00510. The first-order chi connectivity index (χ1) is 17.8. The zero-order chi connectivity index (χ0) is 27.8. The number of halogens is 6. The van der Waals surface area contributed by atoms with Crippen LogP contribution in [0.2, 0.25) is 0 Å². The normalized spacial score (nSPS) is 14.7. The van der Waals surface area contributed by atoms with Crippen molar-refractivity contribution >= 4 is 11.9 Å². The Balaban J connectivity index is 1.76. The van der Waals surface area contributed by atoms with E-state index >= 15 is 0 Å². The first-order valence-corrected chi connectivity index (χ1v) is 11.1. The summed E-state index contributed by atoms with van der Waals surface area (Å²) in [7, 11) is 1.10. The highest BCUT2D eigenvalue weighted by Gasteiger charge is 2.39. The molecule has 0 bridgehead atoms. The van der Waals surface area contributed by atoms with Crippen LogP contribution in [0.3, 0.4) is 0 Å². The number of nitrogens with zero attached hydrogens (tertiary/aromatic N) is 5. The summed E-state index contributed by atoms with van der Waals surface area (Å²) in [6.45, 7) is 1.54. The largest absolute Gasteiger partial charge is 0.462 e. The van der Waals surface area contributed by atoms with E-state index in [1.165, 1.54) is 19.3 Å². The smallest absolute Gasteiger partial charge is 0.416 e. The maximum Gasteiger partial charge on any atom is 0.416 e. The first-order valence-electron chi connectivity index (χ1n) is 11.1. The molecule has 0 radical (unpaired) electrons. The number of hydrogen-bond donors (Lipinski definition) is 0. The SMILES string of the molecule is COC(=O)c1nc(-c2nccnc2C(C)N(CC2CC2)C(=O)c2cc(C(F)(F)F)cc(C(F)(F)F)c2)no1. The average molecular weight is 543 g/mol. The standard InChI is InChI=1S/C23H19F6N5O4/c1-11(16-17(31-6-5-30-16)18-32-19(38-33-18)21(36)37-2)34(10-12-3-4-12)20(35)13-7-14(22(24,25)26)9-15(8-13)23(27,28)29/h5-9,11-12H,3-4,10H2,1-2H3. The second-order valence-electron chi connectivity index (χ2n) is 8.58. The number of carbonyl (C=O) groups excluding carboxylic acids is 2. The summed E-state index contributed by atoms with van der Waals surface area (Å²) < 4.78 is 89.8. The molecule has 9 nitrogen and oxygen atoms in total. The molecule has 0 spiro atoms. The highest BCUT2D eigenvalue weighted by molar-refractivity contribution is 5.95. The van der Waals surface area contributed by atoms with Crippen molar-refractivity contribution in [3.63, 3.8) is 0 Å². The number of amides is 1. The van der Waals surface area contributed by atoms with E-state index in [2.05, 4.69) is 24.8 Å². The van der Waals surface area contributed by atoms with Gasteiger partial charge in [-0.05, 0) is 43.9 Å². The van der Waals surface area contributed by atoms with Gasteiger partial charge in [0.05, 0.1) is 30.0 Å². The molecule has 1 saturated carbocycles. The van der Waals surface area contributed by atoms with Gasteiger partial charge < -0.3 is 14.2 Å². The molecule has 0 saturated heterocycles. The van der Waals surface area contributed by atoms with E-state index in [9.17, 15) is 35.9 Å². The van der Waals surface area contributed by atoms with Crippen LogP contribution in [-0.4, -0.2) is 50.5 Å². The van der Waals surface area contributed by atoms with Crippen LogP contribution in [-0.2, 0) is 17.1 Å². The fourth-order valence-corrected chi connectivity index (χ4v) is 3.70. The highest BCUT2D eigenvalue weighted by Crippen LogP contribution is 2.38. The van der Waals surface area contributed by atoms with E-state index in [1.54, 1.807) is 0 Å². The third-order valence-electron chi connectivity index (χ3n) is 5.83. The maximum atomic E-state index is 13.5. The van der Waals surface area contributed by atoms with Gasteiger partial charge in [-0.2, -0.15) is 31.3 Å². The second kappa shape index (κ2) is 10.0. The molecule has 1 aromatic carbocycles. The zero-order valence-corrected chi connectivity index (χ0v) is 19.8. The van der Waals surface area contributed by atoms with Crippen LogP contribution in [0.25, 0.3) is 11.5 Å². The molecular formula is C23H19F6N5O4. The lowest BCUT2D eigenvalue weighted by atomic mass is 10.0. The van der Waals surface area contributed by atoms with Crippen LogP contribution in [0.1, 0.15) is 63.7 Å². The Bertz CT molecular complexity index is 1320. The first kappa shape index (κ1) is 27.0. The Labute approximate surface area is 210 Å². The van der Waals surface area contributed by atoms with Crippen molar-refractivity contribution in [1.29, 1.82) is 0 Å². The molecule has 15 heteroatoms. The summed E-state index contributed by atoms with van der Waals surface area (Å²) in [5, 5.41) is 3.67. The molecule has 4 rings (SSSR count). The van der Waals surface area contributed by atoms with Crippen molar-refractivity contribution in [3.05, 3.63) is 58.9 Å². The summed E-state index contributed by atoms with van der Waals surface area (Å²) >= 11 is 0. The topological polar surface area (TPSA) is 111 Å². The molecule has 3 aromatic rings. The summed E-state index contributed by atoms with van der Waals surface area (Å²) in [6, 6.07) is -0.245. The van der Waals surface area contributed by atoms with Gasteiger partial charge in [-0.25, -0.2) is 9.78 Å². The lowest BCUT2D eigenvalue weighted by molar-refractivity contribution is -0.143. The monoisotopic (exact) mass is 543 g/mol. The molecule has 1 fully saturated rings. The van der Waals surface area contributed by atoms with Crippen LogP contribution >= 0.6 is 0 Å². The fourth-order valence-electron chi connectivity index (χ4n) is 3.70. The predicted molar refractivity (Wildman–Crippen MR) is 115 cm³/mol. The molecule has 0 aliphatic heterocycles. The molecule has 1 amide bonds. The number of benzene rings is 1. The lowest BCUT2D eigenvalue weighted by Crippen LogP contribution is -2.36. The number of ether oxygens (including phenoxy) is 1. The van der Waals surface area contributed by atoms with Crippen molar-refractivity contribution < 1.29 is 45.2 Å². The van der Waals surface area contributed by atoms with E-state index in [0.717, 1.165) is 24.9 Å². The molecule has 1 unspecified atom stereocenters. The van der Waals surface area contributed by atoms with Crippen LogP contribution in [0.4, 0.5) is 26.3 Å². The van der Waals surface area contributed by atoms with Gasteiger partial charge in [0.2, 0.25) is 5.82 Å². The molecular weight excluding hydrogens is 524 g/mol. The minimum Gasteiger partial charge on any atom is -0.462 e. The van der Waals surface area contributed by atoms with Gasteiger partial charge in [-0.15, -0.1) is 0 Å². The van der Waals surface area contributed by atoms with Gasteiger partial charge in [0.25, 0.3) is 5.91 Å². The van der Waals surface area contributed by atoms with E-state index < -0.39 is 52.9 Å². The van der Waals surface area contributed by atoms with E-state index in [0.29, 0.717) is 12.1 Å². The van der Waals surface area contributed by atoms with E-state index in [-0.39, 0.29) is 35.7 Å². The molecule has 1 aliphatic carbocycles. The van der Waals surface area contributed by atoms with Gasteiger partial charge in [0.15, 0.2) is 0 Å². The molecule has 0 N–H and O–H groups in total. The lowest BCUT2D eigenvalue weighted by Gasteiger charge is -2.30. The molecule has 2 heterocycles. The quantitative estimate of drug-likeness (QED) is 0.304. The number of hydrogen-bond acceptors (Lipinski definition) is 8. The van der Waals surface area contributed by atoms with Crippen LogP contribution in [0.5, 0.6) is 0 Å². The van der Waals surface area contributed by atoms with Gasteiger partial charge in [0, 0.05) is 24.5 Å². The third-order valence-corrected chi connectivity index (χ3v) is 5.83. The Morgan fingerprint density at radius 1 is 1.05 bits per heavy atom. The molecule has 1 aliphatic rings. The van der Waals surface area contributed by atoms with Crippen molar-refractivity contribution in [1.82, 2.24) is 25.0 Å². The van der Waals surface area contributed by atoms with Crippen molar-refractivity contribution in [2.75, 3.05) is 13.7 Å². The number of aromatic nitrogens is 4. The summed E-state index contributed by atoms with van der Waals surface area (Å²) in [6.07, 6.45) is -6.22. The van der Waals surface area contributed by atoms with E-state index in [4.69, 9.17) is 4.52 Å². The van der Waals surface area contributed by atoms with Gasteiger partial charge in [0.1, 0.15) is 5.69 Å². The average Bonchev–Trinajstić information content (AvgIpc) is 3.57. The Morgan fingerprint density at radius 3 is 2.21 bits per heavy atom. The number of carbonyl (C=O) groups is 2. The summed E-state index contributed by atoms with van der Waals surface area (Å²) in [4.78, 5) is 38.6. The number of alkyl halides is 6. The number of esters is 1. The van der Waals surface area contributed by atoms with Gasteiger partial charge in [-0.1, -0.05) is 5.16 Å². The van der Waals surface area contributed by atoms with Crippen molar-refractivity contribution in [3.8, 4) is 11.5 Å². The van der Waals surface area contributed by atoms with Crippen molar-refractivity contribution in [2.24, 2.45) is 5.92 Å². The Morgan fingerprint density at radius 2 is 1.66 bits per heavy atom. The van der Waals surface area contributed by atoms with Crippen LogP contribution in [0, 0.1) is 5.92 Å². The van der Waals surface area contributed by atoms with E-state index in [1.807, 2.05) is 0 Å². The minimum atomic E-state index is -5.11. The Hall–Kier alpha value is -4.04. The molecule has 202 valence electrons. The molecule has 38 heavy (non-hydrogen) atoms.